The lowest BCUT2D eigenvalue weighted by Crippen LogP contribution is -2.25. The van der Waals surface area contributed by atoms with E-state index in [0.29, 0.717) is 0 Å². The summed E-state index contributed by atoms with van der Waals surface area (Å²) in [5.74, 6) is 1.92. The van der Waals surface area contributed by atoms with Gasteiger partial charge in [0.05, 0.1) is 0 Å². The molecule has 1 unspecified atom stereocenters. The molecular formula is C10H18N4. The minimum Gasteiger partial charge on any atom is -0.327 e. The molecule has 1 heterocycles. The van der Waals surface area contributed by atoms with Crippen LogP contribution in [-0.2, 0) is 13.0 Å². The van der Waals surface area contributed by atoms with Gasteiger partial charge >= 0.3 is 0 Å². The molecule has 78 valence electrons. The number of aromatic nitrogens is 3. The molecule has 1 atom stereocenters. The Kier molecular flexibility index (Phi) is 2.82. The molecule has 0 saturated heterocycles. The van der Waals surface area contributed by atoms with Gasteiger partial charge in [-0.3, -0.25) is 4.68 Å². The van der Waals surface area contributed by atoms with Crippen molar-refractivity contribution in [1.29, 1.82) is 0 Å². The van der Waals surface area contributed by atoms with Crippen LogP contribution in [0, 0.1) is 5.92 Å². The number of nitrogens with two attached hydrogens (primary N) is 1. The van der Waals surface area contributed by atoms with Crippen molar-refractivity contribution < 1.29 is 0 Å². The molecule has 1 aliphatic carbocycles. The highest BCUT2D eigenvalue weighted by atomic mass is 15.3. The summed E-state index contributed by atoms with van der Waals surface area (Å²) in [6, 6.07) is 0.261. The van der Waals surface area contributed by atoms with E-state index < -0.39 is 0 Å². The molecule has 4 heteroatoms. The number of rotatable bonds is 5. The van der Waals surface area contributed by atoms with Crippen LogP contribution < -0.4 is 5.73 Å². The number of hydrogen-bond acceptors (Lipinski definition) is 3. The second-order valence-electron chi connectivity index (χ2n) is 4.14. The van der Waals surface area contributed by atoms with Gasteiger partial charge in [0, 0.05) is 19.0 Å². The maximum atomic E-state index is 6.05. The highest BCUT2D eigenvalue weighted by Gasteiger charge is 2.24. The van der Waals surface area contributed by atoms with E-state index in [1.54, 1.807) is 6.33 Å². The van der Waals surface area contributed by atoms with Crippen molar-refractivity contribution in [2.75, 3.05) is 0 Å². The van der Waals surface area contributed by atoms with Gasteiger partial charge in [-0.25, -0.2) is 4.98 Å². The van der Waals surface area contributed by atoms with E-state index in [-0.39, 0.29) is 6.04 Å². The number of hydrogen-bond donors (Lipinski definition) is 1. The molecule has 0 bridgehead atoms. The third kappa shape index (κ3) is 2.32. The van der Waals surface area contributed by atoms with Crippen molar-refractivity contribution in [3.05, 3.63) is 12.2 Å². The molecule has 1 aromatic heterocycles. The quantitative estimate of drug-likeness (QED) is 0.759. The highest BCUT2D eigenvalue weighted by Crippen LogP contribution is 2.33. The second kappa shape index (κ2) is 4.09. The monoisotopic (exact) mass is 194 g/mol. The Hall–Kier alpha value is -0.900. The molecule has 0 aliphatic heterocycles. The molecule has 14 heavy (non-hydrogen) atoms. The summed E-state index contributed by atoms with van der Waals surface area (Å²) in [5, 5.41) is 4.13. The van der Waals surface area contributed by atoms with Crippen LogP contribution in [0.1, 0.15) is 32.0 Å². The molecule has 1 aliphatic rings. The van der Waals surface area contributed by atoms with E-state index in [2.05, 4.69) is 17.0 Å². The average Bonchev–Trinajstić information content (AvgIpc) is 2.84. The van der Waals surface area contributed by atoms with Gasteiger partial charge < -0.3 is 5.73 Å². The van der Waals surface area contributed by atoms with Gasteiger partial charge in [-0.2, -0.15) is 5.10 Å². The van der Waals surface area contributed by atoms with Crippen LogP contribution in [0.25, 0.3) is 0 Å². The molecule has 0 aromatic carbocycles. The summed E-state index contributed by atoms with van der Waals surface area (Å²) >= 11 is 0. The van der Waals surface area contributed by atoms with Crippen LogP contribution in [0.2, 0.25) is 0 Å². The lowest BCUT2D eigenvalue weighted by atomic mass is 10.1. The fraction of sp³-hybridized carbons (Fsp3) is 0.800. The summed E-state index contributed by atoms with van der Waals surface area (Å²) in [5.41, 5.74) is 6.05. The summed E-state index contributed by atoms with van der Waals surface area (Å²) in [4.78, 5) is 4.23. The summed E-state index contributed by atoms with van der Waals surface area (Å²) in [7, 11) is 0. The first-order chi connectivity index (χ1) is 6.79. The average molecular weight is 194 g/mol. The Labute approximate surface area is 84.5 Å². The minimum absolute atomic E-state index is 0.261. The third-order valence-corrected chi connectivity index (χ3v) is 2.77. The fourth-order valence-electron chi connectivity index (χ4n) is 1.81. The van der Waals surface area contributed by atoms with Crippen LogP contribution in [0.4, 0.5) is 0 Å². The van der Waals surface area contributed by atoms with Crippen molar-refractivity contribution >= 4 is 0 Å². The molecule has 2 rings (SSSR count). The fourth-order valence-corrected chi connectivity index (χ4v) is 1.81. The maximum absolute atomic E-state index is 6.05. The van der Waals surface area contributed by atoms with Gasteiger partial charge in [-0.15, -0.1) is 0 Å². The SMILES string of the molecule is CCn1ncnc1CC(N)CC1CC1. The summed E-state index contributed by atoms with van der Waals surface area (Å²) in [6.45, 7) is 2.95. The first kappa shape index (κ1) is 9.65. The van der Waals surface area contributed by atoms with E-state index in [9.17, 15) is 0 Å². The van der Waals surface area contributed by atoms with Crippen LogP contribution in [0.15, 0.2) is 6.33 Å². The van der Waals surface area contributed by atoms with E-state index >= 15 is 0 Å². The Morgan fingerprint density at radius 3 is 3.07 bits per heavy atom. The molecule has 0 spiro atoms. The van der Waals surface area contributed by atoms with Gasteiger partial charge in [0.1, 0.15) is 12.2 Å². The highest BCUT2D eigenvalue weighted by molar-refractivity contribution is 4.90. The van der Waals surface area contributed by atoms with Gasteiger partial charge in [0.25, 0.3) is 0 Å². The Balaban J connectivity index is 1.88. The van der Waals surface area contributed by atoms with Crippen molar-refractivity contribution in [2.45, 2.75) is 45.2 Å². The Bertz CT molecular complexity index is 290. The van der Waals surface area contributed by atoms with Crippen LogP contribution >= 0.6 is 0 Å². The minimum atomic E-state index is 0.261. The lowest BCUT2D eigenvalue weighted by molar-refractivity contribution is 0.524. The first-order valence-corrected chi connectivity index (χ1v) is 5.42. The zero-order valence-corrected chi connectivity index (χ0v) is 8.69. The van der Waals surface area contributed by atoms with Gasteiger partial charge in [0.2, 0.25) is 0 Å². The zero-order valence-electron chi connectivity index (χ0n) is 8.69. The molecule has 1 fully saturated rings. The number of aryl methyl sites for hydroxylation is 1. The van der Waals surface area contributed by atoms with Gasteiger partial charge in [-0.05, 0) is 19.3 Å². The van der Waals surface area contributed by atoms with E-state index in [1.807, 2.05) is 4.68 Å². The summed E-state index contributed by atoms with van der Waals surface area (Å²) < 4.78 is 1.92. The molecule has 0 radical (unpaired) electrons. The first-order valence-electron chi connectivity index (χ1n) is 5.42. The smallest absolute Gasteiger partial charge is 0.138 e. The largest absolute Gasteiger partial charge is 0.327 e. The number of nitrogens with zero attached hydrogens (tertiary/aromatic N) is 3. The topological polar surface area (TPSA) is 56.7 Å². The normalized spacial score (nSPS) is 18.4. The Morgan fingerprint density at radius 1 is 1.64 bits per heavy atom. The lowest BCUT2D eigenvalue weighted by Gasteiger charge is -2.10. The third-order valence-electron chi connectivity index (χ3n) is 2.77. The van der Waals surface area contributed by atoms with Crippen molar-refractivity contribution in [2.24, 2.45) is 11.7 Å². The standard InChI is InChI=1S/C10H18N4/c1-2-14-10(12-7-13-14)6-9(11)5-8-3-4-8/h7-9H,2-6,11H2,1H3. The second-order valence-corrected chi connectivity index (χ2v) is 4.14. The van der Waals surface area contributed by atoms with Crippen LogP contribution in [-0.4, -0.2) is 20.8 Å². The van der Waals surface area contributed by atoms with Gasteiger partial charge in [-0.1, -0.05) is 12.8 Å². The van der Waals surface area contributed by atoms with Crippen LogP contribution in [0.5, 0.6) is 0 Å². The maximum Gasteiger partial charge on any atom is 0.138 e. The molecule has 0 amide bonds. The molecule has 4 nitrogen and oxygen atoms in total. The van der Waals surface area contributed by atoms with E-state index in [4.69, 9.17) is 5.73 Å². The van der Waals surface area contributed by atoms with Crippen molar-refractivity contribution in [1.82, 2.24) is 14.8 Å². The molecule has 1 aromatic rings. The predicted octanol–water partition coefficient (Wildman–Crippen LogP) is 0.968. The summed E-state index contributed by atoms with van der Waals surface area (Å²) in [6.07, 6.45) is 6.37. The molecule has 1 saturated carbocycles. The predicted molar refractivity (Wildman–Crippen MR) is 54.7 cm³/mol. The van der Waals surface area contributed by atoms with Crippen molar-refractivity contribution in [3.63, 3.8) is 0 Å². The van der Waals surface area contributed by atoms with Crippen molar-refractivity contribution in [3.8, 4) is 0 Å². The zero-order chi connectivity index (χ0) is 9.97. The van der Waals surface area contributed by atoms with E-state index in [1.165, 1.54) is 12.8 Å². The van der Waals surface area contributed by atoms with E-state index in [0.717, 1.165) is 31.1 Å². The Morgan fingerprint density at radius 2 is 2.43 bits per heavy atom. The molecule has 2 N–H and O–H groups in total. The van der Waals surface area contributed by atoms with Crippen LogP contribution in [0.3, 0.4) is 0 Å². The molecular weight excluding hydrogens is 176 g/mol. The van der Waals surface area contributed by atoms with Gasteiger partial charge in [0.15, 0.2) is 0 Å².